The van der Waals surface area contributed by atoms with Crippen LogP contribution in [0.15, 0.2) is 162 Å². The Morgan fingerprint density at radius 1 is 0.442 bits per heavy atom. The molecule has 8 aromatic carbocycles. The summed E-state index contributed by atoms with van der Waals surface area (Å²) in [6, 6.07) is 44.2. The first-order chi connectivity index (χ1) is 23.0. The van der Waals surface area contributed by atoms with Crippen LogP contribution in [0.4, 0.5) is 0 Å². The molecule has 0 unspecified atom stereocenters. The number of furan rings is 1. The van der Waals surface area contributed by atoms with Crippen LogP contribution in [0.5, 0.6) is 0 Å². The lowest BCUT2D eigenvalue weighted by atomic mass is 9.84. The molecular formula is C42H26O. The maximum absolute atomic E-state index is 9.48. The molecule has 0 fully saturated rings. The Morgan fingerprint density at radius 2 is 1.05 bits per heavy atom. The fraction of sp³-hybridized carbons (Fsp3) is 0. The zero-order valence-corrected chi connectivity index (χ0v) is 23.1. The van der Waals surface area contributed by atoms with Crippen LogP contribution in [-0.4, -0.2) is 0 Å². The van der Waals surface area contributed by atoms with Gasteiger partial charge in [-0.1, -0.05) is 133 Å². The Morgan fingerprint density at radius 3 is 1.77 bits per heavy atom. The number of rotatable bonds is 3. The molecule has 200 valence electrons. The fourth-order valence-electron chi connectivity index (χ4n) is 6.63. The summed E-state index contributed by atoms with van der Waals surface area (Å²) in [6.07, 6.45) is 0. The molecule has 1 heteroatoms. The lowest BCUT2D eigenvalue weighted by Crippen LogP contribution is -1.91. The summed E-state index contributed by atoms with van der Waals surface area (Å²) in [5, 5.41) is 8.08. The normalized spacial score (nSPS) is 13.0. The Bertz CT molecular complexity index is 2670. The van der Waals surface area contributed by atoms with E-state index in [0.29, 0.717) is 16.7 Å². The molecule has 0 aliphatic heterocycles. The second kappa shape index (κ2) is 9.44. The van der Waals surface area contributed by atoms with E-state index < -0.39 is 0 Å². The highest BCUT2D eigenvalue weighted by Crippen LogP contribution is 2.47. The number of fused-ring (bicyclic) bond motifs is 6. The van der Waals surface area contributed by atoms with Crippen molar-refractivity contribution in [2.24, 2.45) is 0 Å². The minimum absolute atomic E-state index is 0.0834. The van der Waals surface area contributed by atoms with Crippen molar-refractivity contribution in [3.8, 4) is 33.4 Å². The van der Waals surface area contributed by atoms with E-state index >= 15 is 0 Å². The summed E-state index contributed by atoms with van der Waals surface area (Å²) in [4.78, 5) is 0. The van der Waals surface area contributed by atoms with Crippen LogP contribution in [0.1, 0.15) is 5.48 Å². The molecule has 1 aromatic heterocycles. The van der Waals surface area contributed by atoms with Gasteiger partial charge < -0.3 is 4.42 Å². The third kappa shape index (κ3) is 3.72. The van der Waals surface area contributed by atoms with Gasteiger partial charge in [-0.3, -0.25) is 0 Å². The molecule has 1 heterocycles. The van der Waals surface area contributed by atoms with E-state index in [4.69, 9.17) is 8.53 Å². The SMILES string of the molecule is [2H]c1c([2H])c(-c2ccccc2)c([2H])c(-c2c3ccccc3c(-c3cccc4oc5cc6ccccc6cc5c34)c3ccccc23)c1[2H]. The van der Waals surface area contributed by atoms with Gasteiger partial charge in [0.15, 0.2) is 0 Å². The van der Waals surface area contributed by atoms with Gasteiger partial charge in [0.1, 0.15) is 11.2 Å². The highest BCUT2D eigenvalue weighted by atomic mass is 16.3. The first-order valence-corrected chi connectivity index (χ1v) is 14.4. The van der Waals surface area contributed by atoms with Gasteiger partial charge in [-0.25, -0.2) is 0 Å². The smallest absolute Gasteiger partial charge is 0.136 e. The topological polar surface area (TPSA) is 13.1 Å². The quantitative estimate of drug-likeness (QED) is 0.199. The second-order valence-corrected chi connectivity index (χ2v) is 10.9. The third-order valence-corrected chi connectivity index (χ3v) is 8.50. The highest BCUT2D eigenvalue weighted by molar-refractivity contribution is 6.26. The minimum atomic E-state index is -0.186. The molecule has 1 nitrogen and oxygen atoms in total. The maximum Gasteiger partial charge on any atom is 0.136 e. The molecule has 9 aromatic rings. The van der Waals surface area contributed by atoms with Crippen molar-refractivity contribution < 1.29 is 9.90 Å². The summed E-state index contributed by atoms with van der Waals surface area (Å²) in [5.41, 5.74) is 5.88. The molecule has 0 aliphatic rings. The van der Waals surface area contributed by atoms with Crippen LogP contribution in [0.25, 0.3) is 87.6 Å². The van der Waals surface area contributed by atoms with Crippen LogP contribution in [0.3, 0.4) is 0 Å². The predicted octanol–water partition coefficient (Wildman–Crippen LogP) is 12.0. The molecule has 0 saturated heterocycles. The zero-order valence-electron chi connectivity index (χ0n) is 27.1. The Balaban J connectivity index is 1.43. The van der Waals surface area contributed by atoms with E-state index in [1.165, 1.54) is 0 Å². The lowest BCUT2D eigenvalue weighted by molar-refractivity contribution is 0.669. The summed E-state index contributed by atoms with van der Waals surface area (Å²) in [5.74, 6) is 0. The lowest BCUT2D eigenvalue weighted by Gasteiger charge is -2.18. The van der Waals surface area contributed by atoms with Gasteiger partial charge in [-0.05, 0) is 89.9 Å². The van der Waals surface area contributed by atoms with Crippen LogP contribution in [-0.2, 0) is 0 Å². The molecular weight excluding hydrogens is 520 g/mol. The summed E-state index contributed by atoms with van der Waals surface area (Å²) in [6.45, 7) is 0. The summed E-state index contributed by atoms with van der Waals surface area (Å²) >= 11 is 0. The number of hydrogen-bond acceptors (Lipinski definition) is 1. The third-order valence-electron chi connectivity index (χ3n) is 8.50. The molecule has 0 atom stereocenters. The zero-order chi connectivity index (χ0) is 31.8. The molecule has 43 heavy (non-hydrogen) atoms. The van der Waals surface area contributed by atoms with E-state index in [1.807, 2.05) is 84.9 Å². The number of benzene rings is 8. The van der Waals surface area contributed by atoms with Crippen molar-refractivity contribution >= 4 is 54.3 Å². The molecule has 0 amide bonds. The van der Waals surface area contributed by atoms with Crippen molar-refractivity contribution in [3.05, 3.63) is 158 Å². The minimum Gasteiger partial charge on any atom is -0.456 e. The molecule has 0 radical (unpaired) electrons. The van der Waals surface area contributed by atoms with Crippen molar-refractivity contribution in [1.29, 1.82) is 0 Å². The van der Waals surface area contributed by atoms with Crippen LogP contribution < -0.4 is 0 Å². The predicted molar refractivity (Wildman–Crippen MR) is 183 cm³/mol. The fourth-order valence-corrected chi connectivity index (χ4v) is 6.63. The first-order valence-electron chi connectivity index (χ1n) is 16.4. The Hall–Kier alpha value is -5.66. The molecule has 0 spiro atoms. The highest BCUT2D eigenvalue weighted by Gasteiger charge is 2.20. The van der Waals surface area contributed by atoms with Crippen molar-refractivity contribution in [2.45, 2.75) is 0 Å². The van der Waals surface area contributed by atoms with Crippen LogP contribution in [0, 0.1) is 0 Å². The van der Waals surface area contributed by atoms with Crippen LogP contribution in [0.2, 0.25) is 0 Å². The summed E-state index contributed by atoms with van der Waals surface area (Å²) < 4.78 is 42.7. The van der Waals surface area contributed by atoms with Gasteiger partial charge >= 0.3 is 0 Å². The molecule has 0 bridgehead atoms. The average molecular weight is 551 g/mol. The average Bonchev–Trinajstić information content (AvgIpc) is 3.47. The molecule has 0 aliphatic carbocycles. The van der Waals surface area contributed by atoms with Crippen molar-refractivity contribution in [3.63, 3.8) is 0 Å². The molecule has 0 N–H and O–H groups in total. The Labute approximate surface area is 254 Å². The van der Waals surface area contributed by atoms with Crippen molar-refractivity contribution in [1.82, 2.24) is 0 Å². The van der Waals surface area contributed by atoms with Crippen molar-refractivity contribution in [2.75, 3.05) is 0 Å². The van der Waals surface area contributed by atoms with Gasteiger partial charge in [0, 0.05) is 10.8 Å². The largest absolute Gasteiger partial charge is 0.456 e. The van der Waals surface area contributed by atoms with E-state index in [-0.39, 0.29) is 24.2 Å². The second-order valence-electron chi connectivity index (χ2n) is 10.9. The standard InChI is InChI=1S/C42H26O/c1-2-12-27(13-3-1)28-16-10-17-31(24-28)40-32-18-6-8-20-34(32)41(35-21-9-7-19-33(35)40)36-22-11-23-38-42(36)37-25-29-14-4-5-15-30(29)26-39(37)43-38/h1-26H/i10D,16D,17D,24D. The van der Waals surface area contributed by atoms with Gasteiger partial charge in [0.05, 0.1) is 5.48 Å². The monoisotopic (exact) mass is 550 g/mol. The van der Waals surface area contributed by atoms with E-state index in [2.05, 4.69) is 48.5 Å². The number of hydrogen-bond donors (Lipinski definition) is 0. The van der Waals surface area contributed by atoms with Gasteiger partial charge in [0.25, 0.3) is 0 Å². The van der Waals surface area contributed by atoms with Gasteiger partial charge in [0.2, 0.25) is 0 Å². The van der Waals surface area contributed by atoms with Gasteiger partial charge in [-0.2, -0.15) is 0 Å². The van der Waals surface area contributed by atoms with E-state index in [1.54, 1.807) is 0 Å². The van der Waals surface area contributed by atoms with Gasteiger partial charge in [-0.15, -0.1) is 0 Å². The molecule has 9 rings (SSSR count). The molecule has 0 saturated carbocycles. The van der Waals surface area contributed by atoms with E-state index in [0.717, 1.165) is 70.9 Å². The van der Waals surface area contributed by atoms with Crippen LogP contribution >= 0.6 is 0 Å². The van der Waals surface area contributed by atoms with E-state index in [9.17, 15) is 1.37 Å². The first kappa shape index (κ1) is 20.3. The summed E-state index contributed by atoms with van der Waals surface area (Å²) in [7, 11) is 0. The Kier molecular flexibility index (Phi) is 4.45. The maximum atomic E-state index is 9.48.